The summed E-state index contributed by atoms with van der Waals surface area (Å²) in [7, 11) is 1.51. The van der Waals surface area contributed by atoms with Crippen molar-refractivity contribution in [2.45, 2.75) is 19.5 Å². The Hall–Kier alpha value is -1.40. The van der Waals surface area contributed by atoms with E-state index in [1.165, 1.54) is 7.11 Å². The SMILES string of the molecule is COCC(N)C(=O)NCCn1cc(C)cn1. The van der Waals surface area contributed by atoms with Crippen molar-refractivity contribution >= 4 is 5.91 Å². The molecule has 1 unspecified atom stereocenters. The third-order valence-corrected chi connectivity index (χ3v) is 2.09. The topological polar surface area (TPSA) is 82.2 Å². The van der Waals surface area contributed by atoms with Crippen LogP contribution in [0, 0.1) is 6.92 Å². The highest BCUT2D eigenvalue weighted by Gasteiger charge is 2.11. The Bertz CT molecular complexity index is 337. The van der Waals surface area contributed by atoms with Crippen molar-refractivity contribution in [3.8, 4) is 0 Å². The third kappa shape index (κ3) is 4.00. The molecule has 1 atom stereocenters. The number of nitrogens with two attached hydrogens (primary N) is 1. The first-order chi connectivity index (χ1) is 7.63. The smallest absolute Gasteiger partial charge is 0.239 e. The molecule has 1 aromatic rings. The second-order valence-corrected chi connectivity index (χ2v) is 3.63. The van der Waals surface area contributed by atoms with Crippen LogP contribution >= 0.6 is 0 Å². The zero-order chi connectivity index (χ0) is 12.0. The minimum atomic E-state index is -0.607. The lowest BCUT2D eigenvalue weighted by atomic mass is 10.3. The first-order valence-electron chi connectivity index (χ1n) is 5.14. The second-order valence-electron chi connectivity index (χ2n) is 3.63. The van der Waals surface area contributed by atoms with Gasteiger partial charge in [-0.2, -0.15) is 5.10 Å². The zero-order valence-electron chi connectivity index (χ0n) is 9.64. The number of aromatic nitrogens is 2. The monoisotopic (exact) mass is 226 g/mol. The molecular formula is C10H18N4O2. The van der Waals surface area contributed by atoms with E-state index in [9.17, 15) is 4.79 Å². The van der Waals surface area contributed by atoms with Gasteiger partial charge in [0.1, 0.15) is 6.04 Å². The van der Waals surface area contributed by atoms with Crippen LogP contribution in [0.5, 0.6) is 0 Å². The summed E-state index contributed by atoms with van der Waals surface area (Å²) in [6, 6.07) is -0.607. The van der Waals surface area contributed by atoms with Crippen molar-refractivity contribution in [2.75, 3.05) is 20.3 Å². The Morgan fingerprint density at radius 2 is 2.50 bits per heavy atom. The number of hydrogen-bond acceptors (Lipinski definition) is 4. The lowest BCUT2D eigenvalue weighted by Gasteiger charge is -2.10. The minimum absolute atomic E-state index is 0.203. The molecule has 0 aliphatic carbocycles. The lowest BCUT2D eigenvalue weighted by molar-refractivity contribution is -0.123. The Labute approximate surface area is 94.8 Å². The number of carbonyl (C=O) groups is 1. The molecule has 0 saturated carbocycles. The van der Waals surface area contributed by atoms with E-state index >= 15 is 0 Å². The van der Waals surface area contributed by atoms with Crippen LogP contribution in [0.4, 0.5) is 0 Å². The molecule has 1 heterocycles. The van der Waals surface area contributed by atoms with E-state index in [1.54, 1.807) is 10.9 Å². The molecule has 0 radical (unpaired) electrons. The molecular weight excluding hydrogens is 208 g/mol. The summed E-state index contributed by atoms with van der Waals surface area (Å²) < 4.78 is 6.56. The van der Waals surface area contributed by atoms with Gasteiger partial charge in [-0.1, -0.05) is 0 Å². The summed E-state index contributed by atoms with van der Waals surface area (Å²) in [6.07, 6.45) is 3.69. The number of nitrogens with zero attached hydrogens (tertiary/aromatic N) is 2. The van der Waals surface area contributed by atoms with Gasteiger partial charge >= 0.3 is 0 Å². The lowest BCUT2D eigenvalue weighted by Crippen LogP contribution is -2.44. The van der Waals surface area contributed by atoms with Crippen LogP contribution in [0.1, 0.15) is 5.56 Å². The highest BCUT2D eigenvalue weighted by Crippen LogP contribution is 1.92. The maximum Gasteiger partial charge on any atom is 0.239 e. The molecule has 6 nitrogen and oxygen atoms in total. The Morgan fingerprint density at radius 1 is 1.75 bits per heavy atom. The molecule has 0 bridgehead atoms. The van der Waals surface area contributed by atoms with E-state index in [2.05, 4.69) is 10.4 Å². The zero-order valence-corrected chi connectivity index (χ0v) is 9.64. The highest BCUT2D eigenvalue weighted by atomic mass is 16.5. The van der Waals surface area contributed by atoms with E-state index in [0.29, 0.717) is 13.1 Å². The van der Waals surface area contributed by atoms with E-state index < -0.39 is 6.04 Å². The van der Waals surface area contributed by atoms with Crippen LogP contribution in [-0.2, 0) is 16.1 Å². The predicted molar refractivity (Wildman–Crippen MR) is 59.8 cm³/mol. The molecule has 0 aromatic carbocycles. The van der Waals surface area contributed by atoms with Gasteiger partial charge in [-0.25, -0.2) is 0 Å². The first-order valence-corrected chi connectivity index (χ1v) is 5.14. The summed E-state index contributed by atoms with van der Waals surface area (Å²) >= 11 is 0. The molecule has 1 rings (SSSR count). The molecule has 0 aliphatic rings. The summed E-state index contributed by atoms with van der Waals surface area (Å²) in [5.41, 5.74) is 6.65. The summed E-state index contributed by atoms with van der Waals surface area (Å²) in [4.78, 5) is 11.4. The number of hydrogen-bond donors (Lipinski definition) is 2. The Kier molecular flexibility index (Phi) is 4.94. The first kappa shape index (κ1) is 12.7. The van der Waals surface area contributed by atoms with Gasteiger partial charge in [0.15, 0.2) is 0 Å². The van der Waals surface area contributed by atoms with Gasteiger partial charge in [-0.05, 0) is 12.5 Å². The summed E-state index contributed by atoms with van der Waals surface area (Å²) in [5.74, 6) is -0.203. The van der Waals surface area contributed by atoms with Crippen molar-refractivity contribution in [2.24, 2.45) is 5.73 Å². The molecule has 16 heavy (non-hydrogen) atoms. The fourth-order valence-electron chi connectivity index (χ4n) is 1.27. The van der Waals surface area contributed by atoms with Crippen molar-refractivity contribution in [1.29, 1.82) is 0 Å². The number of methoxy groups -OCH3 is 1. The quantitative estimate of drug-likeness (QED) is 0.670. The highest BCUT2D eigenvalue weighted by molar-refractivity contribution is 5.81. The Balaban J connectivity index is 2.22. The normalized spacial score (nSPS) is 12.4. The molecule has 3 N–H and O–H groups in total. The van der Waals surface area contributed by atoms with Crippen molar-refractivity contribution in [3.63, 3.8) is 0 Å². The van der Waals surface area contributed by atoms with E-state index in [1.807, 2.05) is 13.1 Å². The molecule has 90 valence electrons. The van der Waals surface area contributed by atoms with Crippen LogP contribution in [0.3, 0.4) is 0 Å². The van der Waals surface area contributed by atoms with Gasteiger partial charge in [-0.3, -0.25) is 9.48 Å². The molecule has 0 aliphatic heterocycles. The summed E-state index contributed by atoms with van der Waals surface area (Å²) in [5, 5.41) is 6.82. The van der Waals surface area contributed by atoms with Crippen molar-refractivity contribution in [1.82, 2.24) is 15.1 Å². The number of nitrogens with one attached hydrogen (secondary N) is 1. The van der Waals surface area contributed by atoms with Crippen LogP contribution in [-0.4, -0.2) is 42.0 Å². The second kappa shape index (κ2) is 6.24. The maximum atomic E-state index is 11.4. The fraction of sp³-hybridized carbons (Fsp3) is 0.600. The molecule has 0 saturated heterocycles. The van der Waals surface area contributed by atoms with Gasteiger partial charge in [-0.15, -0.1) is 0 Å². The van der Waals surface area contributed by atoms with E-state index in [0.717, 1.165) is 5.56 Å². The van der Waals surface area contributed by atoms with E-state index in [4.69, 9.17) is 10.5 Å². The van der Waals surface area contributed by atoms with Crippen LogP contribution < -0.4 is 11.1 Å². The molecule has 1 amide bonds. The predicted octanol–water partition coefficient (Wildman–Crippen LogP) is -0.719. The third-order valence-electron chi connectivity index (χ3n) is 2.09. The van der Waals surface area contributed by atoms with Crippen molar-refractivity contribution in [3.05, 3.63) is 18.0 Å². The van der Waals surface area contributed by atoms with Crippen molar-refractivity contribution < 1.29 is 9.53 Å². The van der Waals surface area contributed by atoms with Gasteiger partial charge in [0.05, 0.1) is 19.3 Å². The van der Waals surface area contributed by atoms with Gasteiger partial charge in [0, 0.05) is 19.9 Å². The average molecular weight is 226 g/mol. The van der Waals surface area contributed by atoms with Crippen LogP contribution in [0.15, 0.2) is 12.4 Å². The molecule has 6 heteroatoms. The number of carbonyl (C=O) groups excluding carboxylic acids is 1. The Morgan fingerprint density at radius 3 is 3.06 bits per heavy atom. The van der Waals surface area contributed by atoms with Gasteiger partial charge in [0.25, 0.3) is 0 Å². The largest absolute Gasteiger partial charge is 0.383 e. The molecule has 0 fully saturated rings. The van der Waals surface area contributed by atoms with Gasteiger partial charge in [0.2, 0.25) is 5.91 Å². The number of ether oxygens (including phenoxy) is 1. The molecule has 0 spiro atoms. The molecule has 1 aromatic heterocycles. The summed E-state index contributed by atoms with van der Waals surface area (Å²) in [6.45, 7) is 3.35. The number of rotatable bonds is 6. The maximum absolute atomic E-state index is 11.4. The minimum Gasteiger partial charge on any atom is -0.383 e. The van der Waals surface area contributed by atoms with Crippen LogP contribution in [0.2, 0.25) is 0 Å². The van der Waals surface area contributed by atoms with Crippen LogP contribution in [0.25, 0.3) is 0 Å². The van der Waals surface area contributed by atoms with E-state index in [-0.39, 0.29) is 12.5 Å². The number of aryl methyl sites for hydroxylation is 1. The van der Waals surface area contributed by atoms with Gasteiger partial charge < -0.3 is 15.8 Å². The number of amides is 1. The fourth-order valence-corrected chi connectivity index (χ4v) is 1.27. The average Bonchev–Trinajstić information content (AvgIpc) is 2.64. The standard InChI is InChI=1S/C10H18N4O2/c1-8-5-13-14(6-8)4-3-12-10(15)9(11)7-16-2/h5-6,9H,3-4,7,11H2,1-2H3,(H,12,15).